The van der Waals surface area contributed by atoms with E-state index in [1.807, 2.05) is 0 Å². The topological polar surface area (TPSA) is 26.7 Å². The zero-order chi connectivity index (χ0) is 11.4. The summed E-state index contributed by atoms with van der Waals surface area (Å²) >= 11 is 0. The quantitative estimate of drug-likeness (QED) is 0.753. The minimum Gasteiger partial charge on any atom is -0.392 e. The van der Waals surface area contributed by atoms with Gasteiger partial charge in [0, 0.05) is 13.1 Å². The second-order valence-electron chi connectivity index (χ2n) is 5.47. The molecule has 0 unspecified atom stereocenters. The minimum absolute atomic E-state index is 0.108. The zero-order valence-electron chi connectivity index (χ0n) is 10.6. The van der Waals surface area contributed by atoms with Gasteiger partial charge in [0.1, 0.15) is 0 Å². The molecule has 0 aromatic carbocycles. The predicted octanol–water partition coefficient (Wildman–Crippen LogP) is 0.887. The molecule has 0 saturated heterocycles. The molecule has 0 aromatic rings. The van der Waals surface area contributed by atoms with Crippen molar-refractivity contribution in [1.29, 1.82) is 0 Å². The number of aliphatic hydroxyl groups is 1. The molecular weight excluding hydrogens is 188 g/mol. The third-order valence-corrected chi connectivity index (χ3v) is 3.32. The largest absolute Gasteiger partial charge is 0.392 e. The molecule has 0 spiro atoms. The van der Waals surface area contributed by atoms with Gasteiger partial charge in [-0.3, -0.25) is 0 Å². The van der Waals surface area contributed by atoms with E-state index >= 15 is 0 Å². The lowest BCUT2D eigenvalue weighted by molar-refractivity contribution is -0.00167. The van der Waals surface area contributed by atoms with Crippen LogP contribution in [0.2, 0.25) is 0 Å². The number of nitrogens with zero attached hydrogens (tertiary/aromatic N) is 2. The van der Waals surface area contributed by atoms with E-state index in [-0.39, 0.29) is 6.10 Å². The molecule has 2 atom stereocenters. The molecule has 1 aliphatic carbocycles. The van der Waals surface area contributed by atoms with Crippen LogP contribution in [0.4, 0.5) is 0 Å². The third kappa shape index (κ3) is 4.09. The summed E-state index contributed by atoms with van der Waals surface area (Å²) in [6, 6.07) is 0. The molecule has 0 aromatic heterocycles. The van der Waals surface area contributed by atoms with E-state index in [1.54, 1.807) is 0 Å². The van der Waals surface area contributed by atoms with Crippen molar-refractivity contribution < 1.29 is 5.11 Å². The van der Waals surface area contributed by atoms with Gasteiger partial charge in [-0.15, -0.1) is 0 Å². The molecule has 15 heavy (non-hydrogen) atoms. The number of hydrogen-bond acceptors (Lipinski definition) is 3. The highest BCUT2D eigenvalue weighted by Gasteiger charge is 2.31. The fourth-order valence-electron chi connectivity index (χ4n) is 2.71. The third-order valence-electron chi connectivity index (χ3n) is 3.32. The van der Waals surface area contributed by atoms with Gasteiger partial charge in [0.2, 0.25) is 0 Å². The van der Waals surface area contributed by atoms with Gasteiger partial charge in [-0.1, -0.05) is 6.42 Å². The Labute approximate surface area is 94.1 Å². The highest BCUT2D eigenvalue weighted by Crippen LogP contribution is 2.30. The average Bonchev–Trinajstić information content (AvgIpc) is 2.10. The van der Waals surface area contributed by atoms with Crippen molar-refractivity contribution in [1.82, 2.24) is 9.80 Å². The van der Waals surface area contributed by atoms with E-state index in [0.29, 0.717) is 11.8 Å². The molecule has 0 amide bonds. The Morgan fingerprint density at radius 2 is 1.33 bits per heavy atom. The highest BCUT2D eigenvalue weighted by molar-refractivity contribution is 4.84. The first-order valence-electron chi connectivity index (χ1n) is 5.98. The smallest absolute Gasteiger partial charge is 0.0620 e. The van der Waals surface area contributed by atoms with Crippen LogP contribution in [0.3, 0.4) is 0 Å². The van der Waals surface area contributed by atoms with Crippen LogP contribution in [0.15, 0.2) is 0 Å². The van der Waals surface area contributed by atoms with E-state index in [0.717, 1.165) is 13.1 Å². The molecule has 90 valence electrons. The van der Waals surface area contributed by atoms with E-state index in [4.69, 9.17) is 0 Å². The van der Waals surface area contributed by atoms with E-state index in [9.17, 15) is 5.11 Å². The van der Waals surface area contributed by atoms with Crippen molar-refractivity contribution in [2.24, 2.45) is 11.8 Å². The summed E-state index contributed by atoms with van der Waals surface area (Å²) in [5.74, 6) is 0.942. The van der Waals surface area contributed by atoms with Gasteiger partial charge in [0.15, 0.2) is 0 Å². The standard InChI is InChI=1S/C12H26N2O/c1-13(2)8-10-6-5-7-11(12(10)15)9-14(3)4/h10-12,15H,5-9H2,1-4H3/t10-,11-/m0/s1. The SMILES string of the molecule is CN(C)C[C@@H]1CCC[C@@H](CN(C)C)C1O. The first-order valence-corrected chi connectivity index (χ1v) is 5.98. The van der Waals surface area contributed by atoms with Crippen LogP contribution in [-0.2, 0) is 0 Å². The van der Waals surface area contributed by atoms with E-state index in [1.165, 1.54) is 19.3 Å². The summed E-state index contributed by atoms with van der Waals surface area (Å²) in [7, 11) is 8.34. The average molecular weight is 214 g/mol. The molecule has 3 heteroatoms. The molecule has 0 heterocycles. The predicted molar refractivity (Wildman–Crippen MR) is 63.9 cm³/mol. The fraction of sp³-hybridized carbons (Fsp3) is 1.00. The van der Waals surface area contributed by atoms with Gasteiger partial charge in [0.05, 0.1) is 6.10 Å². The summed E-state index contributed by atoms with van der Waals surface area (Å²) in [5, 5.41) is 10.3. The molecule has 1 saturated carbocycles. The minimum atomic E-state index is -0.108. The second-order valence-corrected chi connectivity index (χ2v) is 5.47. The van der Waals surface area contributed by atoms with Crippen molar-refractivity contribution in [2.45, 2.75) is 25.4 Å². The van der Waals surface area contributed by atoms with Crippen LogP contribution < -0.4 is 0 Å². The van der Waals surface area contributed by atoms with Crippen molar-refractivity contribution in [3.8, 4) is 0 Å². The van der Waals surface area contributed by atoms with Crippen molar-refractivity contribution in [3.63, 3.8) is 0 Å². The van der Waals surface area contributed by atoms with Crippen LogP contribution in [0.1, 0.15) is 19.3 Å². The van der Waals surface area contributed by atoms with E-state index < -0.39 is 0 Å². The molecular formula is C12H26N2O. The number of hydrogen-bond donors (Lipinski definition) is 1. The first-order chi connectivity index (χ1) is 7.00. The van der Waals surface area contributed by atoms with Crippen LogP contribution in [0.25, 0.3) is 0 Å². The molecule has 1 fully saturated rings. The monoisotopic (exact) mass is 214 g/mol. The van der Waals surface area contributed by atoms with E-state index in [2.05, 4.69) is 38.0 Å². The lowest BCUT2D eigenvalue weighted by Gasteiger charge is -2.37. The second kappa shape index (κ2) is 5.83. The molecule has 1 rings (SSSR count). The van der Waals surface area contributed by atoms with Crippen molar-refractivity contribution in [2.75, 3.05) is 41.3 Å². The van der Waals surface area contributed by atoms with Crippen LogP contribution in [-0.4, -0.2) is 62.3 Å². The van der Waals surface area contributed by atoms with Gasteiger partial charge in [0.25, 0.3) is 0 Å². The van der Waals surface area contributed by atoms with Gasteiger partial charge in [-0.05, 0) is 52.9 Å². The normalized spacial score (nSPS) is 29.0. The Balaban J connectivity index is 2.47. The highest BCUT2D eigenvalue weighted by atomic mass is 16.3. The molecule has 3 nitrogen and oxygen atoms in total. The summed E-state index contributed by atoms with van der Waals surface area (Å²) in [6.45, 7) is 2.04. The molecule has 0 radical (unpaired) electrons. The molecule has 0 aliphatic heterocycles. The Morgan fingerprint density at radius 3 is 1.67 bits per heavy atom. The maximum absolute atomic E-state index is 10.3. The maximum Gasteiger partial charge on any atom is 0.0620 e. The zero-order valence-corrected chi connectivity index (χ0v) is 10.6. The molecule has 1 N–H and O–H groups in total. The summed E-state index contributed by atoms with van der Waals surface area (Å²) in [6.07, 6.45) is 3.53. The fourth-order valence-corrected chi connectivity index (χ4v) is 2.71. The van der Waals surface area contributed by atoms with Crippen molar-refractivity contribution in [3.05, 3.63) is 0 Å². The van der Waals surface area contributed by atoms with Crippen LogP contribution in [0.5, 0.6) is 0 Å². The first kappa shape index (κ1) is 12.9. The van der Waals surface area contributed by atoms with Gasteiger partial charge >= 0.3 is 0 Å². The van der Waals surface area contributed by atoms with Crippen LogP contribution >= 0.6 is 0 Å². The summed E-state index contributed by atoms with van der Waals surface area (Å²) in [5.41, 5.74) is 0. The van der Waals surface area contributed by atoms with Crippen molar-refractivity contribution >= 4 is 0 Å². The van der Waals surface area contributed by atoms with Gasteiger partial charge in [-0.2, -0.15) is 0 Å². The number of rotatable bonds is 4. The molecule has 1 aliphatic rings. The Kier molecular flexibility index (Phi) is 5.03. The van der Waals surface area contributed by atoms with Gasteiger partial charge < -0.3 is 14.9 Å². The lowest BCUT2D eigenvalue weighted by Crippen LogP contribution is -2.42. The summed E-state index contributed by atoms with van der Waals surface area (Å²) in [4.78, 5) is 4.37. The van der Waals surface area contributed by atoms with Gasteiger partial charge in [-0.25, -0.2) is 0 Å². The Morgan fingerprint density at radius 1 is 0.933 bits per heavy atom. The molecule has 0 bridgehead atoms. The Bertz CT molecular complexity index is 164. The van der Waals surface area contributed by atoms with Crippen LogP contribution in [0, 0.1) is 11.8 Å². The summed E-state index contributed by atoms with van der Waals surface area (Å²) < 4.78 is 0. The Hall–Kier alpha value is -0.120. The number of aliphatic hydroxyl groups excluding tert-OH is 1. The maximum atomic E-state index is 10.3. The lowest BCUT2D eigenvalue weighted by atomic mass is 9.78.